The van der Waals surface area contributed by atoms with E-state index in [9.17, 15) is 9.18 Å². The van der Waals surface area contributed by atoms with Crippen molar-refractivity contribution in [3.63, 3.8) is 0 Å². The van der Waals surface area contributed by atoms with Crippen LogP contribution in [0.5, 0.6) is 5.75 Å². The van der Waals surface area contributed by atoms with Crippen molar-refractivity contribution in [2.24, 2.45) is 0 Å². The Morgan fingerprint density at radius 2 is 1.98 bits per heavy atom. The summed E-state index contributed by atoms with van der Waals surface area (Å²) in [6.45, 7) is 3.81. The van der Waals surface area contributed by atoms with Gasteiger partial charge in [-0.1, -0.05) is 29.5 Å². The molecule has 2 aromatic carbocycles. The number of likely N-dealkylation sites (N-methyl/N-ethyl adjacent to an activating group) is 1. The smallest absolute Gasteiger partial charge is 0.357 e. The molecule has 45 heavy (non-hydrogen) atoms. The first kappa shape index (κ1) is 30.8. The summed E-state index contributed by atoms with van der Waals surface area (Å²) in [5, 5.41) is 17.0. The van der Waals surface area contributed by atoms with Crippen LogP contribution in [0.4, 0.5) is 26.3 Å². The molecule has 13 heteroatoms. The summed E-state index contributed by atoms with van der Waals surface area (Å²) in [5.41, 5.74) is 4.23. The molecule has 2 N–H and O–H groups in total. The highest BCUT2D eigenvalue weighted by Crippen LogP contribution is 2.39. The van der Waals surface area contributed by atoms with Gasteiger partial charge < -0.3 is 25.0 Å². The molecule has 0 unspecified atom stereocenters. The molecule has 0 bridgehead atoms. The van der Waals surface area contributed by atoms with E-state index < -0.39 is 5.97 Å². The third-order valence-electron chi connectivity index (χ3n) is 7.67. The predicted molar refractivity (Wildman–Crippen MR) is 176 cm³/mol. The molecule has 0 saturated carbocycles. The molecule has 0 fully saturated rings. The van der Waals surface area contributed by atoms with Crippen molar-refractivity contribution in [2.75, 3.05) is 44.1 Å². The summed E-state index contributed by atoms with van der Waals surface area (Å²) in [6, 6.07) is 13.1. The van der Waals surface area contributed by atoms with Crippen LogP contribution >= 0.6 is 22.7 Å². The summed E-state index contributed by atoms with van der Waals surface area (Å²) in [4.78, 5) is 24.9. The first-order valence-electron chi connectivity index (χ1n) is 14.8. The minimum Gasteiger partial charge on any atom is -0.491 e. The van der Waals surface area contributed by atoms with Crippen LogP contribution in [0.25, 0.3) is 10.2 Å². The van der Waals surface area contributed by atoms with Crippen LogP contribution in [0.1, 0.15) is 44.9 Å². The second kappa shape index (κ2) is 13.8. The number of para-hydroxylation sites is 1. The Labute approximate surface area is 268 Å². The van der Waals surface area contributed by atoms with Gasteiger partial charge in [0.2, 0.25) is 0 Å². The second-order valence-electron chi connectivity index (χ2n) is 10.7. The van der Waals surface area contributed by atoms with Gasteiger partial charge in [0.05, 0.1) is 23.9 Å². The largest absolute Gasteiger partial charge is 0.491 e. The number of halogens is 1. The van der Waals surface area contributed by atoms with Gasteiger partial charge in [0, 0.05) is 22.5 Å². The second-order valence-corrected chi connectivity index (χ2v) is 12.8. The van der Waals surface area contributed by atoms with Gasteiger partial charge in [-0.3, -0.25) is 0 Å². The molecule has 234 valence electrons. The Bertz CT molecular complexity index is 1790. The van der Waals surface area contributed by atoms with Gasteiger partial charge in [0.1, 0.15) is 0 Å². The summed E-state index contributed by atoms with van der Waals surface area (Å²) >= 11 is 3.01. The van der Waals surface area contributed by atoms with E-state index in [0.717, 1.165) is 68.5 Å². The summed E-state index contributed by atoms with van der Waals surface area (Å²) in [6.07, 6.45) is 3.60. The van der Waals surface area contributed by atoms with Crippen LogP contribution in [0, 0.1) is 12.7 Å². The number of methoxy groups -OCH3 is 1. The van der Waals surface area contributed by atoms with E-state index in [1.165, 1.54) is 24.5 Å². The molecule has 10 nitrogen and oxygen atoms in total. The number of aryl methyl sites for hydroxylation is 1. The van der Waals surface area contributed by atoms with E-state index in [-0.39, 0.29) is 17.3 Å². The van der Waals surface area contributed by atoms with Crippen molar-refractivity contribution in [1.82, 2.24) is 25.5 Å². The zero-order valence-electron chi connectivity index (χ0n) is 25.4. The topological polar surface area (TPSA) is 114 Å². The number of hydrogen-bond acceptors (Lipinski definition) is 12. The number of nitrogens with zero attached hydrogens (tertiary/aromatic N) is 5. The quantitative estimate of drug-likeness (QED) is 0.117. The van der Waals surface area contributed by atoms with Crippen molar-refractivity contribution < 1.29 is 18.7 Å². The van der Waals surface area contributed by atoms with E-state index in [1.54, 1.807) is 17.4 Å². The van der Waals surface area contributed by atoms with Gasteiger partial charge in [-0.25, -0.2) is 19.2 Å². The molecule has 3 aromatic heterocycles. The molecule has 0 saturated heterocycles. The monoisotopic (exact) mass is 647 g/mol. The summed E-state index contributed by atoms with van der Waals surface area (Å²) < 4.78 is 26.4. The number of ether oxygens (including phenoxy) is 2. The van der Waals surface area contributed by atoms with Crippen LogP contribution in [-0.2, 0) is 24.0 Å². The molecule has 4 heterocycles. The number of benzene rings is 2. The maximum atomic E-state index is 14.5. The molecular weight excluding hydrogens is 614 g/mol. The van der Waals surface area contributed by atoms with Crippen molar-refractivity contribution >= 4 is 60.8 Å². The number of carbonyl (C=O) groups is 1. The summed E-state index contributed by atoms with van der Waals surface area (Å²) in [7, 11) is 3.22. The maximum absolute atomic E-state index is 14.5. The lowest BCUT2D eigenvalue weighted by atomic mass is 10.0. The highest BCUT2D eigenvalue weighted by Gasteiger charge is 2.28. The van der Waals surface area contributed by atoms with Crippen molar-refractivity contribution in [1.29, 1.82) is 0 Å². The third-order valence-corrected chi connectivity index (χ3v) is 9.76. The molecule has 5 aromatic rings. The number of anilines is 4. The first-order chi connectivity index (χ1) is 21.9. The Morgan fingerprint density at radius 3 is 2.78 bits per heavy atom. The average Bonchev–Trinajstić information content (AvgIpc) is 3.67. The minimum absolute atomic E-state index is 0.220. The molecule has 0 atom stereocenters. The minimum atomic E-state index is -0.494. The fraction of sp³-hybridized carbons (Fsp3) is 0.344. The van der Waals surface area contributed by atoms with Crippen LogP contribution in [-0.4, -0.2) is 60.0 Å². The molecule has 0 spiro atoms. The number of carbonyl (C=O) groups excluding carboxylic acids is 1. The fourth-order valence-corrected chi connectivity index (χ4v) is 7.28. The Morgan fingerprint density at radius 1 is 1.11 bits per heavy atom. The molecule has 0 radical (unpaired) electrons. The van der Waals surface area contributed by atoms with Gasteiger partial charge in [-0.05, 0) is 82.4 Å². The lowest BCUT2D eigenvalue weighted by molar-refractivity contribution is 0.0593. The van der Waals surface area contributed by atoms with E-state index in [1.807, 2.05) is 49.2 Å². The van der Waals surface area contributed by atoms with Gasteiger partial charge >= 0.3 is 5.97 Å². The molecule has 0 amide bonds. The normalized spacial score (nSPS) is 12.8. The number of rotatable bonds is 12. The SMILES string of the molecule is CNCCc1ccc(OCCCc2sc(N3CCCc4c3nnc(Nc3nc5ccccc5s3)c4C)nc2C(=O)OC)c(F)c1. The molecule has 1 aliphatic heterocycles. The number of esters is 1. The Kier molecular flexibility index (Phi) is 9.47. The predicted octanol–water partition coefficient (Wildman–Crippen LogP) is 6.38. The maximum Gasteiger partial charge on any atom is 0.357 e. The zero-order valence-corrected chi connectivity index (χ0v) is 27.0. The summed E-state index contributed by atoms with van der Waals surface area (Å²) in [5.74, 6) is 0.761. The molecule has 0 aliphatic carbocycles. The van der Waals surface area contributed by atoms with Crippen molar-refractivity contribution in [2.45, 2.75) is 39.0 Å². The molecular formula is C32H34FN7O3S2. The fourth-order valence-electron chi connectivity index (χ4n) is 5.29. The van der Waals surface area contributed by atoms with Gasteiger partial charge in [0.25, 0.3) is 0 Å². The van der Waals surface area contributed by atoms with Gasteiger partial charge in [-0.15, -0.1) is 21.5 Å². The lowest BCUT2D eigenvalue weighted by Gasteiger charge is -2.28. The van der Waals surface area contributed by atoms with E-state index in [0.29, 0.717) is 36.9 Å². The standard InChI is InChI=1S/C32H34FN7O3S2/c1-19-21-8-6-16-40(29(21)39-38-28(19)37-31-35-23-9-4-5-10-25(23)44-31)32-36-27(30(41)42-3)26(45-32)11-7-17-43-24-13-12-20(14-15-34-2)18-22(24)33/h4-5,9-10,12-13,18,34H,6-8,11,14-17H2,1-3H3,(H,35,37,38). The molecule has 6 rings (SSSR count). The van der Waals surface area contributed by atoms with Gasteiger partial charge in [0.15, 0.2) is 39.2 Å². The number of aromatic nitrogens is 4. The van der Waals surface area contributed by atoms with Crippen molar-refractivity contribution in [3.05, 3.63) is 75.5 Å². The molecule has 1 aliphatic rings. The van der Waals surface area contributed by atoms with Crippen molar-refractivity contribution in [3.8, 4) is 5.75 Å². The van der Waals surface area contributed by atoms with E-state index >= 15 is 0 Å². The highest BCUT2D eigenvalue weighted by molar-refractivity contribution is 7.22. The third kappa shape index (κ3) is 6.75. The lowest BCUT2D eigenvalue weighted by Crippen LogP contribution is -2.27. The Balaban J connectivity index is 1.17. The van der Waals surface area contributed by atoms with E-state index in [2.05, 4.69) is 25.8 Å². The first-order valence-corrected chi connectivity index (χ1v) is 16.5. The van der Waals surface area contributed by atoms with Crippen LogP contribution in [0.15, 0.2) is 42.5 Å². The zero-order chi connectivity index (χ0) is 31.3. The van der Waals surface area contributed by atoms with Gasteiger partial charge in [-0.2, -0.15) is 0 Å². The average molecular weight is 648 g/mol. The number of fused-ring (bicyclic) bond motifs is 2. The number of hydrogen-bond donors (Lipinski definition) is 2. The number of nitrogens with one attached hydrogen (secondary N) is 2. The highest BCUT2D eigenvalue weighted by atomic mass is 32.1. The Hall–Kier alpha value is -4.20. The van der Waals surface area contributed by atoms with Crippen LogP contribution < -0.4 is 20.3 Å². The van der Waals surface area contributed by atoms with Crippen LogP contribution in [0.2, 0.25) is 0 Å². The number of thiazole rings is 2. The van der Waals surface area contributed by atoms with Crippen LogP contribution in [0.3, 0.4) is 0 Å². The van der Waals surface area contributed by atoms with E-state index in [4.69, 9.17) is 14.5 Å².